The van der Waals surface area contributed by atoms with Crippen LogP contribution in [0.15, 0.2) is 66.9 Å². The second-order valence-electron chi connectivity index (χ2n) is 6.15. The Balaban J connectivity index is 1.61. The third-order valence-electron chi connectivity index (χ3n) is 4.28. The number of aromatic nitrogens is 1. The fraction of sp³-hybridized carbons (Fsp3) is 0. The van der Waals surface area contributed by atoms with Gasteiger partial charge in [-0.25, -0.2) is 9.78 Å². The first-order chi connectivity index (χ1) is 14.5. The molecule has 9 heteroatoms. The number of ether oxygens (including phenoxy) is 1. The monoisotopic (exact) mass is 403 g/mol. The normalized spacial score (nSPS) is 12.5. The van der Waals surface area contributed by atoms with Crippen LogP contribution >= 0.6 is 0 Å². The Hall–Kier alpha value is -4.53. The second kappa shape index (κ2) is 7.47. The number of carbonyl (C=O) groups is 4. The van der Waals surface area contributed by atoms with E-state index in [-0.39, 0.29) is 33.9 Å². The van der Waals surface area contributed by atoms with Gasteiger partial charge in [-0.1, -0.05) is 29.3 Å². The number of carbonyl (C=O) groups excluding carboxylic acids is 4. The number of imide groups is 1. The van der Waals surface area contributed by atoms with Crippen LogP contribution in [0.1, 0.15) is 41.4 Å². The number of primary amides is 1. The molecule has 9 nitrogen and oxygen atoms in total. The number of para-hydroxylation sites is 1. The molecule has 2 aromatic carbocycles. The SMILES string of the molecule is NC(=O)c1ccccc1Oc1ncccc1C(=O)ON1C(=O)c2ccccc2C1=O. The van der Waals surface area contributed by atoms with Gasteiger partial charge in [0.15, 0.2) is 0 Å². The van der Waals surface area contributed by atoms with Gasteiger partial charge in [-0.15, -0.1) is 0 Å². The standard InChI is InChI=1S/C21H13N3O6/c22-17(25)14-8-3-4-10-16(14)29-18-15(9-5-11-23-18)21(28)30-24-19(26)12-6-1-2-7-13(12)20(24)27/h1-11H,(H2,22,25). The predicted octanol–water partition coefficient (Wildman–Crippen LogP) is 2.34. The molecule has 1 aliphatic heterocycles. The van der Waals surface area contributed by atoms with Crippen LogP contribution in [0.25, 0.3) is 0 Å². The van der Waals surface area contributed by atoms with E-state index in [1.54, 1.807) is 24.3 Å². The minimum Gasteiger partial charge on any atom is -0.437 e. The van der Waals surface area contributed by atoms with Crippen LogP contribution in [-0.4, -0.2) is 33.7 Å². The summed E-state index contributed by atoms with van der Waals surface area (Å²) in [6, 6.07) is 15.1. The van der Waals surface area contributed by atoms with Crippen molar-refractivity contribution in [3.05, 3.63) is 89.1 Å². The van der Waals surface area contributed by atoms with E-state index in [9.17, 15) is 19.2 Å². The van der Waals surface area contributed by atoms with Crippen LogP contribution in [0, 0.1) is 0 Å². The molecule has 0 spiro atoms. The van der Waals surface area contributed by atoms with Gasteiger partial charge in [0.05, 0.1) is 16.7 Å². The molecule has 4 rings (SSSR count). The number of pyridine rings is 1. The van der Waals surface area contributed by atoms with Crippen LogP contribution in [0.5, 0.6) is 11.6 Å². The molecule has 0 unspecified atom stereocenters. The molecule has 3 aromatic rings. The summed E-state index contributed by atoms with van der Waals surface area (Å²) < 4.78 is 5.60. The van der Waals surface area contributed by atoms with Gasteiger partial charge >= 0.3 is 5.97 Å². The van der Waals surface area contributed by atoms with Gasteiger partial charge in [-0.3, -0.25) is 14.4 Å². The van der Waals surface area contributed by atoms with E-state index < -0.39 is 23.7 Å². The third-order valence-corrected chi connectivity index (χ3v) is 4.28. The topological polar surface area (TPSA) is 129 Å². The zero-order valence-electron chi connectivity index (χ0n) is 15.3. The molecule has 2 N–H and O–H groups in total. The average molecular weight is 403 g/mol. The van der Waals surface area contributed by atoms with Gasteiger partial charge in [0.1, 0.15) is 11.3 Å². The number of nitrogens with two attached hydrogens (primary N) is 1. The van der Waals surface area contributed by atoms with E-state index in [2.05, 4.69) is 4.98 Å². The maximum Gasteiger partial charge on any atom is 0.369 e. The lowest BCUT2D eigenvalue weighted by Crippen LogP contribution is -2.32. The van der Waals surface area contributed by atoms with E-state index in [4.69, 9.17) is 15.3 Å². The second-order valence-corrected chi connectivity index (χ2v) is 6.15. The van der Waals surface area contributed by atoms with E-state index in [1.165, 1.54) is 42.6 Å². The van der Waals surface area contributed by atoms with E-state index in [0.717, 1.165) is 0 Å². The molecule has 3 amide bonds. The maximum atomic E-state index is 12.7. The quantitative estimate of drug-likeness (QED) is 0.647. The van der Waals surface area contributed by atoms with Gasteiger partial charge in [-0.2, -0.15) is 0 Å². The summed E-state index contributed by atoms with van der Waals surface area (Å²) >= 11 is 0. The largest absolute Gasteiger partial charge is 0.437 e. The first-order valence-corrected chi connectivity index (χ1v) is 8.69. The number of amides is 3. The summed E-state index contributed by atoms with van der Waals surface area (Å²) in [6.07, 6.45) is 1.36. The molecule has 1 aromatic heterocycles. The van der Waals surface area contributed by atoms with Crippen LogP contribution in [0.4, 0.5) is 0 Å². The molecule has 0 aliphatic carbocycles. The first kappa shape index (κ1) is 18.8. The number of hydroxylamine groups is 2. The minimum atomic E-state index is -1.04. The molecule has 0 fully saturated rings. The summed E-state index contributed by atoms with van der Waals surface area (Å²) in [4.78, 5) is 58.1. The summed E-state index contributed by atoms with van der Waals surface area (Å²) in [5.74, 6) is -3.38. The Bertz CT molecular complexity index is 1170. The smallest absolute Gasteiger partial charge is 0.369 e. The van der Waals surface area contributed by atoms with Gasteiger partial charge in [0.2, 0.25) is 5.88 Å². The number of nitrogens with zero attached hydrogens (tertiary/aromatic N) is 2. The van der Waals surface area contributed by atoms with Crippen molar-refractivity contribution in [2.45, 2.75) is 0 Å². The molecule has 0 saturated heterocycles. The van der Waals surface area contributed by atoms with Gasteiger partial charge in [-0.05, 0) is 36.4 Å². The molecule has 0 bridgehead atoms. The van der Waals surface area contributed by atoms with Gasteiger partial charge < -0.3 is 15.3 Å². The molecule has 30 heavy (non-hydrogen) atoms. The molecule has 148 valence electrons. The first-order valence-electron chi connectivity index (χ1n) is 8.69. The van der Waals surface area contributed by atoms with E-state index in [0.29, 0.717) is 5.06 Å². The highest BCUT2D eigenvalue weighted by Gasteiger charge is 2.39. The average Bonchev–Trinajstić information content (AvgIpc) is 2.99. The Morgan fingerprint density at radius 3 is 2.10 bits per heavy atom. The summed E-state index contributed by atoms with van der Waals surface area (Å²) in [7, 11) is 0. The van der Waals surface area contributed by atoms with E-state index in [1.807, 2.05) is 0 Å². The zero-order chi connectivity index (χ0) is 21.3. The van der Waals surface area contributed by atoms with Crippen LogP contribution in [0.2, 0.25) is 0 Å². The zero-order valence-corrected chi connectivity index (χ0v) is 15.3. The number of hydrogen-bond acceptors (Lipinski definition) is 7. The highest BCUT2D eigenvalue weighted by molar-refractivity contribution is 6.21. The van der Waals surface area contributed by atoms with E-state index >= 15 is 0 Å². The Morgan fingerprint density at radius 2 is 1.43 bits per heavy atom. The molecule has 0 atom stereocenters. The fourth-order valence-electron chi connectivity index (χ4n) is 2.87. The number of benzene rings is 2. The fourth-order valence-corrected chi connectivity index (χ4v) is 2.87. The van der Waals surface area contributed by atoms with Gasteiger partial charge in [0.25, 0.3) is 17.7 Å². The summed E-state index contributed by atoms with van der Waals surface area (Å²) in [6.45, 7) is 0. The lowest BCUT2D eigenvalue weighted by molar-refractivity contribution is -0.0586. The van der Waals surface area contributed by atoms with Crippen molar-refractivity contribution >= 4 is 23.7 Å². The molecule has 2 heterocycles. The van der Waals surface area contributed by atoms with Crippen molar-refractivity contribution in [1.82, 2.24) is 10.0 Å². The van der Waals surface area contributed by atoms with Crippen LogP contribution in [-0.2, 0) is 4.84 Å². The number of fused-ring (bicyclic) bond motifs is 1. The lowest BCUT2D eigenvalue weighted by Gasteiger charge is -2.14. The number of rotatable bonds is 5. The van der Waals surface area contributed by atoms with Crippen LogP contribution < -0.4 is 10.5 Å². The highest BCUT2D eigenvalue weighted by Crippen LogP contribution is 2.28. The van der Waals surface area contributed by atoms with Crippen molar-refractivity contribution < 1.29 is 28.8 Å². The maximum absolute atomic E-state index is 12.7. The molecule has 0 saturated carbocycles. The predicted molar refractivity (Wildman–Crippen MR) is 102 cm³/mol. The lowest BCUT2D eigenvalue weighted by atomic mass is 10.1. The Morgan fingerprint density at radius 1 is 0.833 bits per heavy atom. The van der Waals surface area contributed by atoms with Crippen molar-refractivity contribution in [2.75, 3.05) is 0 Å². The highest BCUT2D eigenvalue weighted by atomic mass is 16.7. The van der Waals surface area contributed by atoms with Crippen molar-refractivity contribution in [3.8, 4) is 11.6 Å². The van der Waals surface area contributed by atoms with Crippen molar-refractivity contribution in [2.24, 2.45) is 5.73 Å². The van der Waals surface area contributed by atoms with Gasteiger partial charge in [0, 0.05) is 6.20 Å². The Labute approximate surface area is 169 Å². The molecular formula is C21H13N3O6. The van der Waals surface area contributed by atoms with Crippen molar-refractivity contribution in [3.63, 3.8) is 0 Å². The summed E-state index contributed by atoms with van der Waals surface area (Å²) in [5, 5.41) is 0.390. The van der Waals surface area contributed by atoms with Crippen molar-refractivity contribution in [1.29, 1.82) is 0 Å². The summed E-state index contributed by atoms with van der Waals surface area (Å²) in [5.41, 5.74) is 5.53. The molecular weight excluding hydrogens is 390 g/mol. The molecule has 0 radical (unpaired) electrons. The molecule has 1 aliphatic rings. The minimum absolute atomic E-state index is 0.0819. The third kappa shape index (κ3) is 3.24. The van der Waals surface area contributed by atoms with Crippen LogP contribution in [0.3, 0.4) is 0 Å². The number of hydrogen-bond donors (Lipinski definition) is 1. The Kier molecular flexibility index (Phi) is 4.69.